The van der Waals surface area contributed by atoms with Gasteiger partial charge in [-0.3, -0.25) is 4.90 Å². The van der Waals surface area contributed by atoms with Crippen LogP contribution in [0.5, 0.6) is 0 Å². The van der Waals surface area contributed by atoms with Gasteiger partial charge < -0.3 is 5.11 Å². The second-order valence-corrected chi connectivity index (χ2v) is 6.46. The molecule has 0 amide bonds. The van der Waals surface area contributed by atoms with Gasteiger partial charge in [0, 0.05) is 24.0 Å². The highest BCUT2D eigenvalue weighted by atomic mass is 32.1. The second kappa shape index (κ2) is 6.22. The summed E-state index contributed by atoms with van der Waals surface area (Å²) in [6.45, 7) is 1.23. The first-order valence-corrected chi connectivity index (χ1v) is 7.91. The minimum atomic E-state index is -0.914. The van der Waals surface area contributed by atoms with Gasteiger partial charge in [-0.15, -0.1) is 11.3 Å². The highest BCUT2D eigenvalue weighted by Gasteiger charge is 2.30. The molecule has 0 saturated heterocycles. The molecule has 21 heavy (non-hydrogen) atoms. The molecule has 1 aliphatic carbocycles. The van der Waals surface area contributed by atoms with Crippen LogP contribution in [-0.2, 0) is 6.54 Å². The number of aliphatic hydroxyl groups is 1. The molecule has 0 spiro atoms. The van der Waals surface area contributed by atoms with Gasteiger partial charge in [-0.25, -0.2) is 8.78 Å². The van der Waals surface area contributed by atoms with Crippen molar-refractivity contribution in [3.8, 4) is 0 Å². The minimum Gasteiger partial charge on any atom is -0.387 e. The number of aliphatic hydroxyl groups excluding tert-OH is 1. The summed E-state index contributed by atoms with van der Waals surface area (Å²) in [5.74, 6) is -1.80. The second-order valence-electron chi connectivity index (χ2n) is 5.43. The van der Waals surface area contributed by atoms with Crippen molar-refractivity contribution in [1.29, 1.82) is 0 Å². The Labute approximate surface area is 126 Å². The van der Waals surface area contributed by atoms with E-state index in [0.29, 0.717) is 18.2 Å². The fraction of sp³-hybridized carbons (Fsp3) is 0.375. The van der Waals surface area contributed by atoms with Gasteiger partial charge in [-0.2, -0.15) is 0 Å². The van der Waals surface area contributed by atoms with Crippen molar-refractivity contribution in [3.63, 3.8) is 0 Å². The van der Waals surface area contributed by atoms with Crippen molar-refractivity contribution < 1.29 is 13.9 Å². The number of hydrogen-bond donors (Lipinski definition) is 1. The number of benzene rings is 1. The first kappa shape index (κ1) is 14.6. The van der Waals surface area contributed by atoms with Crippen LogP contribution in [0, 0.1) is 11.6 Å². The van der Waals surface area contributed by atoms with E-state index in [9.17, 15) is 13.9 Å². The van der Waals surface area contributed by atoms with E-state index in [1.54, 1.807) is 11.3 Å². The molecule has 1 unspecified atom stereocenters. The van der Waals surface area contributed by atoms with E-state index >= 15 is 0 Å². The van der Waals surface area contributed by atoms with E-state index in [-0.39, 0.29) is 0 Å². The van der Waals surface area contributed by atoms with Crippen molar-refractivity contribution in [3.05, 3.63) is 57.8 Å². The molecule has 112 valence electrons. The van der Waals surface area contributed by atoms with Crippen LogP contribution in [0.3, 0.4) is 0 Å². The highest BCUT2D eigenvalue weighted by molar-refractivity contribution is 7.09. The van der Waals surface area contributed by atoms with Gasteiger partial charge in [-0.05, 0) is 42.0 Å². The van der Waals surface area contributed by atoms with Gasteiger partial charge in [0.15, 0.2) is 11.6 Å². The van der Waals surface area contributed by atoms with Crippen molar-refractivity contribution in [2.45, 2.75) is 31.5 Å². The summed E-state index contributed by atoms with van der Waals surface area (Å²) in [5, 5.41) is 12.3. The van der Waals surface area contributed by atoms with Crippen LogP contribution in [0.25, 0.3) is 0 Å². The predicted molar refractivity (Wildman–Crippen MR) is 79.1 cm³/mol. The molecule has 1 heterocycles. The molecule has 2 nitrogen and oxygen atoms in total. The number of thiophene rings is 1. The van der Waals surface area contributed by atoms with Crippen LogP contribution in [0.2, 0.25) is 0 Å². The number of halogens is 2. The standard InChI is InChI=1S/C16H17F2NOS/c17-14-6-3-11(8-15(14)18)16(20)10-19(12-4-5-12)9-13-2-1-7-21-13/h1-3,6-8,12,16,20H,4-5,9-10H2. The summed E-state index contributed by atoms with van der Waals surface area (Å²) in [6.07, 6.45) is 1.46. The maximum absolute atomic E-state index is 13.3. The van der Waals surface area contributed by atoms with Gasteiger partial charge in [0.1, 0.15) is 0 Å². The van der Waals surface area contributed by atoms with E-state index in [4.69, 9.17) is 0 Å². The molecule has 1 aliphatic rings. The quantitative estimate of drug-likeness (QED) is 0.879. The maximum Gasteiger partial charge on any atom is 0.159 e. The molecule has 0 bridgehead atoms. The summed E-state index contributed by atoms with van der Waals surface area (Å²) in [5.41, 5.74) is 0.422. The van der Waals surface area contributed by atoms with Gasteiger partial charge in [0.05, 0.1) is 6.10 Å². The Morgan fingerprint density at radius 3 is 2.67 bits per heavy atom. The Morgan fingerprint density at radius 1 is 1.24 bits per heavy atom. The zero-order chi connectivity index (χ0) is 14.8. The fourth-order valence-corrected chi connectivity index (χ4v) is 3.16. The lowest BCUT2D eigenvalue weighted by molar-refractivity contribution is 0.105. The average Bonchev–Trinajstić information content (AvgIpc) is 3.19. The first-order chi connectivity index (χ1) is 10.1. The van der Waals surface area contributed by atoms with Crippen molar-refractivity contribution >= 4 is 11.3 Å². The Kier molecular flexibility index (Phi) is 4.33. The van der Waals surface area contributed by atoms with Gasteiger partial charge in [0.25, 0.3) is 0 Å². The molecular formula is C16H17F2NOS. The Hall–Kier alpha value is -1.30. The lowest BCUT2D eigenvalue weighted by Crippen LogP contribution is -2.30. The Balaban J connectivity index is 1.68. The van der Waals surface area contributed by atoms with Crippen LogP contribution in [0.15, 0.2) is 35.7 Å². The third-order valence-electron chi connectivity index (χ3n) is 3.74. The van der Waals surface area contributed by atoms with Crippen molar-refractivity contribution in [2.75, 3.05) is 6.54 Å². The maximum atomic E-state index is 13.3. The summed E-state index contributed by atoms with van der Waals surface area (Å²) in [4.78, 5) is 3.47. The van der Waals surface area contributed by atoms with Gasteiger partial charge >= 0.3 is 0 Å². The SMILES string of the molecule is OC(CN(Cc1cccs1)C1CC1)c1ccc(F)c(F)c1. The highest BCUT2D eigenvalue weighted by Crippen LogP contribution is 2.31. The molecule has 2 aromatic rings. The van der Waals surface area contributed by atoms with Crippen molar-refractivity contribution in [1.82, 2.24) is 4.90 Å². The Bertz CT molecular complexity index is 598. The van der Waals surface area contributed by atoms with E-state index in [1.807, 2.05) is 11.4 Å². The third kappa shape index (κ3) is 3.67. The monoisotopic (exact) mass is 309 g/mol. The molecule has 3 rings (SSSR count). The lowest BCUT2D eigenvalue weighted by Gasteiger charge is -2.24. The van der Waals surface area contributed by atoms with E-state index in [2.05, 4.69) is 11.0 Å². The van der Waals surface area contributed by atoms with E-state index in [1.165, 1.54) is 10.9 Å². The normalized spacial score (nSPS) is 16.4. The smallest absolute Gasteiger partial charge is 0.159 e. The minimum absolute atomic E-state index is 0.422. The predicted octanol–water partition coefficient (Wildman–Crippen LogP) is 3.72. The molecule has 5 heteroatoms. The van der Waals surface area contributed by atoms with E-state index in [0.717, 1.165) is 31.5 Å². The molecule has 1 aromatic heterocycles. The lowest BCUT2D eigenvalue weighted by atomic mass is 10.1. The van der Waals surface area contributed by atoms with Crippen LogP contribution < -0.4 is 0 Å². The van der Waals surface area contributed by atoms with Crippen LogP contribution in [-0.4, -0.2) is 22.6 Å². The molecule has 1 N–H and O–H groups in total. The summed E-state index contributed by atoms with van der Waals surface area (Å²) in [7, 11) is 0. The first-order valence-electron chi connectivity index (χ1n) is 7.03. The summed E-state index contributed by atoms with van der Waals surface area (Å²) >= 11 is 1.69. The zero-order valence-corrected chi connectivity index (χ0v) is 12.3. The zero-order valence-electron chi connectivity index (χ0n) is 11.5. The molecule has 0 radical (unpaired) electrons. The third-order valence-corrected chi connectivity index (χ3v) is 4.60. The number of hydrogen-bond acceptors (Lipinski definition) is 3. The summed E-state index contributed by atoms with van der Waals surface area (Å²) in [6, 6.07) is 8.16. The Morgan fingerprint density at radius 2 is 2.05 bits per heavy atom. The molecule has 0 aliphatic heterocycles. The van der Waals surface area contributed by atoms with Gasteiger partial charge in [-0.1, -0.05) is 12.1 Å². The van der Waals surface area contributed by atoms with Crippen LogP contribution in [0.4, 0.5) is 8.78 Å². The van der Waals surface area contributed by atoms with Crippen LogP contribution in [0.1, 0.15) is 29.4 Å². The molecule has 1 saturated carbocycles. The average molecular weight is 309 g/mol. The number of rotatable bonds is 6. The summed E-state index contributed by atoms with van der Waals surface area (Å²) < 4.78 is 26.2. The van der Waals surface area contributed by atoms with E-state index < -0.39 is 17.7 Å². The van der Waals surface area contributed by atoms with Gasteiger partial charge in [0.2, 0.25) is 0 Å². The molecular weight excluding hydrogens is 292 g/mol. The molecule has 1 atom stereocenters. The topological polar surface area (TPSA) is 23.5 Å². The molecule has 1 aromatic carbocycles. The number of nitrogens with zero attached hydrogens (tertiary/aromatic N) is 1. The van der Waals surface area contributed by atoms with Crippen LogP contribution >= 0.6 is 11.3 Å². The van der Waals surface area contributed by atoms with Crippen molar-refractivity contribution in [2.24, 2.45) is 0 Å². The largest absolute Gasteiger partial charge is 0.387 e. The molecule has 1 fully saturated rings. The fourth-order valence-electron chi connectivity index (χ4n) is 2.43.